The summed E-state index contributed by atoms with van der Waals surface area (Å²) in [6, 6.07) is 2.27. The first-order valence-electron chi connectivity index (χ1n) is 5.31. The van der Waals surface area contributed by atoms with Gasteiger partial charge in [0.2, 0.25) is 0 Å². The molecule has 0 radical (unpaired) electrons. The number of hydrogen-bond donors (Lipinski definition) is 0. The molecule has 0 amide bonds. The summed E-state index contributed by atoms with van der Waals surface area (Å²) in [6.07, 6.45) is 0. The lowest BCUT2D eigenvalue weighted by molar-refractivity contribution is 0.457. The number of hydrogen-bond acceptors (Lipinski definition) is 4. The predicted molar refractivity (Wildman–Crippen MR) is 67.1 cm³/mol. The summed E-state index contributed by atoms with van der Waals surface area (Å²) in [7, 11) is -2.92. The minimum absolute atomic E-state index is 0.111. The van der Waals surface area contributed by atoms with Crippen LogP contribution in [0.15, 0.2) is 23.1 Å². The van der Waals surface area contributed by atoms with Gasteiger partial charge in [0.1, 0.15) is 11.0 Å². The molecule has 20 heavy (non-hydrogen) atoms. The zero-order chi connectivity index (χ0) is 15.1. The van der Waals surface area contributed by atoms with Gasteiger partial charge >= 0.3 is 10.1 Å². The summed E-state index contributed by atoms with van der Waals surface area (Å²) in [5.41, 5.74) is 0.111. The second kappa shape index (κ2) is 5.02. The van der Waals surface area contributed by atoms with E-state index in [-0.39, 0.29) is 15.7 Å². The molecule has 0 unspecified atom stereocenters. The highest BCUT2D eigenvalue weighted by atomic mass is 35.5. The maximum Gasteiger partial charge on any atom is 0.344 e. The van der Waals surface area contributed by atoms with Gasteiger partial charge in [0.05, 0.1) is 5.69 Å². The molecule has 0 N–H and O–H groups in total. The van der Waals surface area contributed by atoms with Crippen LogP contribution in [0.2, 0.25) is 5.15 Å². The van der Waals surface area contributed by atoms with E-state index in [2.05, 4.69) is 9.28 Å². The Hall–Kier alpha value is -1.67. The van der Waals surface area contributed by atoms with Gasteiger partial charge in [-0.1, -0.05) is 11.6 Å². The van der Waals surface area contributed by atoms with Crippen molar-refractivity contribution in [2.24, 2.45) is 7.05 Å². The zero-order valence-electron chi connectivity index (χ0n) is 10.4. The second-order valence-corrected chi connectivity index (χ2v) is 5.78. The molecule has 0 bridgehead atoms. The van der Waals surface area contributed by atoms with Crippen molar-refractivity contribution >= 4 is 21.7 Å². The van der Waals surface area contributed by atoms with E-state index in [1.165, 1.54) is 14.0 Å². The average Bonchev–Trinajstić information content (AvgIpc) is 2.57. The van der Waals surface area contributed by atoms with Crippen molar-refractivity contribution in [3.8, 4) is 5.75 Å². The van der Waals surface area contributed by atoms with Crippen LogP contribution >= 0.6 is 11.6 Å². The molecule has 0 aliphatic heterocycles. The predicted octanol–water partition coefficient (Wildman–Crippen LogP) is 2.43. The van der Waals surface area contributed by atoms with Gasteiger partial charge in [-0.2, -0.15) is 13.5 Å². The van der Waals surface area contributed by atoms with Crippen molar-refractivity contribution in [1.29, 1.82) is 0 Å². The minimum atomic E-state index is -4.37. The lowest BCUT2D eigenvalue weighted by Crippen LogP contribution is -2.12. The molecule has 108 valence electrons. The molecule has 1 aromatic heterocycles. The summed E-state index contributed by atoms with van der Waals surface area (Å²) in [4.78, 5) is -0.356. The Bertz CT molecular complexity index is 774. The number of nitrogens with zero attached hydrogens (tertiary/aromatic N) is 2. The first-order valence-corrected chi connectivity index (χ1v) is 7.09. The van der Waals surface area contributed by atoms with Crippen molar-refractivity contribution in [1.82, 2.24) is 9.78 Å². The van der Waals surface area contributed by atoms with E-state index in [1.807, 2.05) is 0 Å². The van der Waals surface area contributed by atoms with E-state index < -0.39 is 27.5 Å². The summed E-state index contributed by atoms with van der Waals surface area (Å²) >= 11 is 5.82. The maximum absolute atomic E-state index is 13.4. The molecule has 0 spiro atoms. The molecule has 2 aromatic rings. The van der Waals surface area contributed by atoms with Gasteiger partial charge in [0.15, 0.2) is 16.5 Å². The summed E-state index contributed by atoms with van der Waals surface area (Å²) in [5, 5.41) is 3.66. The molecule has 0 aliphatic carbocycles. The normalized spacial score (nSPS) is 11.7. The van der Waals surface area contributed by atoms with E-state index in [4.69, 9.17) is 11.6 Å². The molecule has 9 heteroatoms. The molecule has 0 saturated carbocycles. The van der Waals surface area contributed by atoms with Gasteiger partial charge in [-0.05, 0) is 19.1 Å². The third-order valence-corrected chi connectivity index (χ3v) is 4.38. The van der Waals surface area contributed by atoms with E-state index >= 15 is 0 Å². The number of halogens is 3. The molecular weight excluding hydrogens is 314 g/mol. The average molecular weight is 323 g/mol. The lowest BCUT2D eigenvalue weighted by atomic mass is 10.3. The van der Waals surface area contributed by atoms with Crippen molar-refractivity contribution in [3.05, 3.63) is 40.7 Å². The first-order chi connectivity index (χ1) is 9.22. The van der Waals surface area contributed by atoms with Crippen LogP contribution < -0.4 is 4.18 Å². The van der Waals surface area contributed by atoms with Crippen LogP contribution in [-0.2, 0) is 17.2 Å². The Balaban J connectivity index is 2.46. The fraction of sp³-hybridized carbons (Fsp3) is 0.182. The Kier molecular flexibility index (Phi) is 3.70. The van der Waals surface area contributed by atoms with Crippen molar-refractivity contribution in [2.45, 2.75) is 11.8 Å². The highest BCUT2D eigenvalue weighted by Crippen LogP contribution is 2.28. The Morgan fingerprint density at radius 1 is 1.35 bits per heavy atom. The van der Waals surface area contributed by atoms with Gasteiger partial charge in [-0.3, -0.25) is 4.68 Å². The topological polar surface area (TPSA) is 61.2 Å². The summed E-state index contributed by atoms with van der Waals surface area (Å²) in [6.45, 7) is 1.42. The number of rotatable bonds is 3. The Morgan fingerprint density at radius 3 is 2.50 bits per heavy atom. The van der Waals surface area contributed by atoms with Gasteiger partial charge in [-0.25, -0.2) is 8.78 Å². The van der Waals surface area contributed by atoms with Gasteiger partial charge in [0, 0.05) is 13.1 Å². The molecule has 0 saturated heterocycles. The van der Waals surface area contributed by atoms with E-state index in [9.17, 15) is 17.2 Å². The number of benzene rings is 1. The third-order valence-electron chi connectivity index (χ3n) is 2.44. The molecular formula is C11H9ClF2N2O3S. The number of aromatic nitrogens is 2. The summed E-state index contributed by atoms with van der Waals surface area (Å²) < 4.78 is 56.1. The van der Waals surface area contributed by atoms with Crippen molar-refractivity contribution in [2.75, 3.05) is 0 Å². The van der Waals surface area contributed by atoms with Crippen LogP contribution in [0.1, 0.15) is 5.69 Å². The van der Waals surface area contributed by atoms with Crippen LogP contribution in [-0.4, -0.2) is 18.2 Å². The second-order valence-electron chi connectivity index (χ2n) is 3.94. The smallest absolute Gasteiger partial charge is 0.344 e. The molecule has 0 aliphatic rings. The Labute approximate surface area is 118 Å². The minimum Gasteiger partial charge on any atom is -0.376 e. The monoisotopic (exact) mass is 322 g/mol. The summed E-state index contributed by atoms with van der Waals surface area (Å²) in [5.74, 6) is -2.60. The van der Waals surface area contributed by atoms with Crippen molar-refractivity contribution < 1.29 is 21.4 Å². The van der Waals surface area contributed by atoms with Gasteiger partial charge in [-0.15, -0.1) is 0 Å². The Morgan fingerprint density at radius 2 is 2.00 bits per heavy atom. The van der Waals surface area contributed by atoms with Crippen LogP contribution in [0.5, 0.6) is 5.75 Å². The third kappa shape index (κ3) is 2.61. The molecule has 0 fully saturated rings. The maximum atomic E-state index is 13.4. The van der Waals surface area contributed by atoms with Gasteiger partial charge in [0.25, 0.3) is 0 Å². The highest BCUT2D eigenvalue weighted by Gasteiger charge is 2.28. The van der Waals surface area contributed by atoms with Crippen LogP contribution in [0.3, 0.4) is 0 Å². The molecule has 2 rings (SSSR count). The molecule has 1 aromatic carbocycles. The molecule has 1 heterocycles. The molecule has 5 nitrogen and oxygen atoms in total. The molecule has 0 atom stereocenters. The largest absolute Gasteiger partial charge is 0.376 e. The van der Waals surface area contributed by atoms with Gasteiger partial charge < -0.3 is 4.18 Å². The van der Waals surface area contributed by atoms with E-state index in [0.29, 0.717) is 6.07 Å². The van der Waals surface area contributed by atoms with Crippen molar-refractivity contribution in [3.63, 3.8) is 0 Å². The van der Waals surface area contributed by atoms with Crippen LogP contribution in [0.4, 0.5) is 8.78 Å². The lowest BCUT2D eigenvalue weighted by Gasteiger charge is -2.07. The fourth-order valence-electron chi connectivity index (χ4n) is 1.60. The van der Waals surface area contributed by atoms with Crippen LogP contribution in [0, 0.1) is 18.6 Å². The SMILES string of the molecule is Cc1nn(C)c(Cl)c1S(=O)(=O)Oc1ccc(F)cc1F. The highest BCUT2D eigenvalue weighted by molar-refractivity contribution is 7.87. The zero-order valence-corrected chi connectivity index (χ0v) is 12.0. The standard InChI is InChI=1S/C11H9ClF2N2O3S/c1-6-10(11(12)16(2)15-6)20(17,18)19-9-4-3-7(13)5-8(9)14/h3-5H,1-2H3. The number of aryl methyl sites for hydroxylation is 2. The fourth-order valence-corrected chi connectivity index (χ4v) is 3.25. The van der Waals surface area contributed by atoms with Crippen LogP contribution in [0.25, 0.3) is 0 Å². The van der Waals surface area contributed by atoms with E-state index in [1.54, 1.807) is 0 Å². The quantitative estimate of drug-likeness (QED) is 0.814. The van der Waals surface area contributed by atoms with E-state index in [0.717, 1.165) is 16.8 Å². The first kappa shape index (κ1) is 14.7.